The molecule has 2 radical (unpaired) electrons. The molecular weight excluding hydrogens is 637 g/mol. The van der Waals surface area contributed by atoms with Crippen LogP contribution in [0.5, 0.6) is 0 Å². The zero-order valence-corrected chi connectivity index (χ0v) is 21.9. The molecule has 2 aromatic carbocycles. The van der Waals surface area contributed by atoms with Gasteiger partial charge in [-0.2, -0.15) is 69.8 Å². The number of aryl methyl sites for hydroxylation is 4. The second-order valence-electron chi connectivity index (χ2n) is 4.74. The molecule has 2 heteroatoms. The first-order valence-corrected chi connectivity index (χ1v) is 8.69. The van der Waals surface area contributed by atoms with Crippen LogP contribution in [-0.4, -0.2) is 0 Å². The van der Waals surface area contributed by atoms with Crippen molar-refractivity contribution >= 4 is 0 Å². The Hall–Kier alpha value is -0.235. The minimum absolute atomic E-state index is 0. The van der Waals surface area contributed by atoms with Crippen LogP contribution in [0.1, 0.15) is 63.8 Å². The molecule has 0 fully saturated rings. The zero-order valence-electron chi connectivity index (χ0n) is 16.5. The van der Waals surface area contributed by atoms with Gasteiger partial charge in [-0.1, -0.05) is 68.2 Å². The predicted molar refractivity (Wildman–Crippen MR) is 100 cm³/mol. The normalized spacial score (nSPS) is 8.50. The molecule has 0 heterocycles. The van der Waals surface area contributed by atoms with E-state index in [9.17, 15) is 0 Å². The topological polar surface area (TPSA) is 0 Å². The number of hydrogen-bond acceptors (Lipinski definition) is 0. The quantitative estimate of drug-likeness (QED) is 0.318. The fraction of sp³-hybridized carbons (Fsp3) is 0.455. The van der Waals surface area contributed by atoms with Crippen LogP contribution < -0.4 is 0 Å². The summed E-state index contributed by atoms with van der Waals surface area (Å²) in [6, 6.07) is 15.2. The van der Waals surface area contributed by atoms with Crippen LogP contribution in [0.4, 0.5) is 0 Å². The third-order valence-corrected chi connectivity index (χ3v) is 3.53. The molecule has 0 aliphatic rings. The predicted octanol–water partition coefficient (Wildman–Crippen LogP) is 6.74. The van der Waals surface area contributed by atoms with Crippen molar-refractivity contribution in [2.45, 2.75) is 68.2 Å². The molecule has 0 aromatic heterocycles. The Bertz CT molecular complexity index is 508. The molecule has 136 valence electrons. The Balaban J connectivity index is -0.000000684. The fourth-order valence-electron chi connectivity index (χ4n) is 2.58. The summed E-state index contributed by atoms with van der Waals surface area (Å²) in [5, 5.41) is 0. The van der Waals surface area contributed by atoms with Gasteiger partial charge in [0.05, 0.1) is 0 Å². The minimum atomic E-state index is 0. The van der Waals surface area contributed by atoms with Gasteiger partial charge in [0.15, 0.2) is 0 Å². The molecule has 0 amide bonds. The van der Waals surface area contributed by atoms with Gasteiger partial charge < -0.3 is 0 Å². The van der Waals surface area contributed by atoms with Crippen molar-refractivity contribution in [1.29, 1.82) is 0 Å². The van der Waals surface area contributed by atoms with Gasteiger partial charge in [-0.05, 0) is 0 Å². The van der Waals surface area contributed by atoms with Crippen molar-refractivity contribution < 1.29 is 40.8 Å². The standard InChI is InChI=1S/C18H20.2C2H6.2Re/c1-5-15-11-7-9-13(3)17(15)18-14(4)10-8-12-16(18)6-2;2*1-2;;/h7-10H,5-6H2,1-4H3;2*1-2H3;;/q-2;;;;. The molecule has 24 heavy (non-hydrogen) atoms. The van der Waals surface area contributed by atoms with Crippen molar-refractivity contribution in [2.24, 2.45) is 0 Å². The summed E-state index contributed by atoms with van der Waals surface area (Å²) in [7, 11) is 0. The van der Waals surface area contributed by atoms with Gasteiger partial charge in [0.25, 0.3) is 0 Å². The van der Waals surface area contributed by atoms with Crippen LogP contribution in [0, 0.1) is 26.0 Å². The van der Waals surface area contributed by atoms with Gasteiger partial charge in [-0.25, -0.2) is 0 Å². The monoisotopic (exact) mass is 670 g/mol. The maximum absolute atomic E-state index is 3.39. The molecule has 0 spiro atoms. The fourth-order valence-corrected chi connectivity index (χ4v) is 2.58. The van der Waals surface area contributed by atoms with E-state index in [4.69, 9.17) is 0 Å². The van der Waals surface area contributed by atoms with Crippen LogP contribution in [0.3, 0.4) is 0 Å². The Kier molecular flexibility index (Phi) is 19.3. The van der Waals surface area contributed by atoms with Crippen LogP contribution >= 0.6 is 0 Å². The summed E-state index contributed by atoms with van der Waals surface area (Å²) < 4.78 is 0. The van der Waals surface area contributed by atoms with Crippen molar-refractivity contribution in [3.05, 3.63) is 58.7 Å². The molecule has 2 aromatic rings. The summed E-state index contributed by atoms with van der Waals surface area (Å²) in [4.78, 5) is 0. The Morgan fingerprint density at radius 3 is 1.21 bits per heavy atom. The Morgan fingerprint density at radius 2 is 0.958 bits per heavy atom. The van der Waals surface area contributed by atoms with E-state index in [1.807, 2.05) is 39.8 Å². The van der Waals surface area contributed by atoms with Crippen molar-refractivity contribution in [1.82, 2.24) is 0 Å². The van der Waals surface area contributed by atoms with Crippen molar-refractivity contribution in [3.8, 4) is 11.1 Å². The zero-order chi connectivity index (χ0) is 17.1. The molecule has 0 bridgehead atoms. The van der Waals surface area contributed by atoms with E-state index in [1.165, 1.54) is 33.4 Å². The molecule has 0 aliphatic carbocycles. The van der Waals surface area contributed by atoms with Crippen LogP contribution in [0.25, 0.3) is 11.1 Å². The first-order valence-electron chi connectivity index (χ1n) is 8.69. The number of rotatable bonds is 3. The molecule has 2 rings (SSSR count). The van der Waals surface area contributed by atoms with E-state index in [-0.39, 0.29) is 40.8 Å². The SMILES string of the molecule is CC.CC.CCc1[c-]ccc(C)c1-c1c(CC)[c-]ccc1C.[Re].[Re]. The molecule has 0 aliphatic heterocycles. The third-order valence-electron chi connectivity index (χ3n) is 3.53. The van der Waals surface area contributed by atoms with E-state index in [2.05, 4.69) is 52.0 Å². The molecule has 0 atom stereocenters. The molecule has 0 nitrogen and oxygen atoms in total. The van der Waals surface area contributed by atoms with E-state index in [0.29, 0.717) is 0 Å². The largest absolute Gasteiger partial charge is 0.181 e. The van der Waals surface area contributed by atoms with Crippen LogP contribution in [0.15, 0.2) is 24.3 Å². The summed E-state index contributed by atoms with van der Waals surface area (Å²) in [6.45, 7) is 16.8. The molecule has 0 saturated heterocycles. The molecule has 0 saturated carbocycles. The average molecular weight is 669 g/mol. The van der Waals surface area contributed by atoms with E-state index in [1.54, 1.807) is 0 Å². The van der Waals surface area contributed by atoms with Crippen LogP contribution in [-0.2, 0) is 53.7 Å². The van der Waals surface area contributed by atoms with Crippen molar-refractivity contribution in [3.63, 3.8) is 0 Å². The Labute approximate surface area is 178 Å². The summed E-state index contributed by atoms with van der Waals surface area (Å²) in [5.41, 5.74) is 8.03. The maximum Gasteiger partial charge on any atom is 0 e. The maximum atomic E-state index is 3.39. The molecule has 0 N–H and O–H groups in total. The van der Waals surface area contributed by atoms with Gasteiger partial charge in [0.2, 0.25) is 0 Å². The van der Waals surface area contributed by atoms with Gasteiger partial charge in [-0.15, -0.1) is 0 Å². The third kappa shape index (κ3) is 7.34. The number of hydrogen-bond donors (Lipinski definition) is 0. The van der Waals surface area contributed by atoms with E-state index >= 15 is 0 Å². The van der Waals surface area contributed by atoms with Gasteiger partial charge >= 0.3 is 0 Å². The molecule has 0 unspecified atom stereocenters. The number of benzene rings is 2. The second kappa shape index (κ2) is 16.2. The van der Waals surface area contributed by atoms with E-state index < -0.39 is 0 Å². The summed E-state index contributed by atoms with van der Waals surface area (Å²) in [6.07, 6.45) is 2.04. The minimum Gasteiger partial charge on any atom is -0.181 e. The first kappa shape index (κ1) is 28.6. The second-order valence-corrected chi connectivity index (χ2v) is 4.74. The Morgan fingerprint density at radius 1 is 0.667 bits per heavy atom. The van der Waals surface area contributed by atoms with Crippen LogP contribution in [0.2, 0.25) is 0 Å². The average Bonchev–Trinajstić information content (AvgIpc) is 2.58. The molecular formula is C22H32Re2-2. The summed E-state index contributed by atoms with van der Waals surface area (Å²) >= 11 is 0. The van der Waals surface area contributed by atoms with E-state index in [0.717, 1.165) is 12.8 Å². The summed E-state index contributed by atoms with van der Waals surface area (Å²) in [5.74, 6) is 0. The van der Waals surface area contributed by atoms with Gasteiger partial charge in [0.1, 0.15) is 0 Å². The smallest absolute Gasteiger partial charge is 0 e. The van der Waals surface area contributed by atoms with Crippen molar-refractivity contribution in [2.75, 3.05) is 0 Å². The van der Waals surface area contributed by atoms with Gasteiger partial charge in [-0.3, -0.25) is 0 Å². The first-order chi connectivity index (χ1) is 10.7. The van der Waals surface area contributed by atoms with Gasteiger partial charge in [0, 0.05) is 40.8 Å².